The molecule has 4 nitrogen and oxygen atoms in total. The summed E-state index contributed by atoms with van der Waals surface area (Å²) in [4.78, 5) is -0.0387. The van der Waals surface area contributed by atoms with Gasteiger partial charge in [-0.2, -0.15) is 0 Å². The van der Waals surface area contributed by atoms with Crippen LogP contribution in [0.2, 0.25) is 5.02 Å². The standard InChI is InChI=1S/C14H20ClFN2O2S/c15-12-8-11(6-7-13(12)16)21(19,20)18-14(9-17)10-4-2-1-3-5-10/h6-8,10,14,18H,1-5,9,17H2. The van der Waals surface area contributed by atoms with E-state index in [0.29, 0.717) is 0 Å². The first kappa shape index (κ1) is 16.7. The zero-order valence-electron chi connectivity index (χ0n) is 11.7. The normalized spacial score (nSPS) is 18.6. The van der Waals surface area contributed by atoms with Crippen molar-refractivity contribution in [1.82, 2.24) is 4.72 Å². The molecule has 0 spiro atoms. The molecule has 1 saturated carbocycles. The first-order valence-electron chi connectivity index (χ1n) is 7.11. The van der Waals surface area contributed by atoms with Crippen molar-refractivity contribution in [3.05, 3.63) is 29.0 Å². The van der Waals surface area contributed by atoms with Gasteiger partial charge in [0.2, 0.25) is 10.0 Å². The summed E-state index contributed by atoms with van der Waals surface area (Å²) in [5, 5.41) is -0.208. The second kappa shape index (κ2) is 7.05. The molecule has 1 aliphatic carbocycles. The molecule has 0 radical (unpaired) electrons. The second-order valence-corrected chi connectivity index (χ2v) is 7.56. The summed E-state index contributed by atoms with van der Waals surface area (Å²) in [5.74, 6) is -0.382. The van der Waals surface area contributed by atoms with Crippen molar-refractivity contribution >= 4 is 21.6 Å². The lowest BCUT2D eigenvalue weighted by Gasteiger charge is -2.29. The maximum atomic E-state index is 13.1. The van der Waals surface area contributed by atoms with E-state index in [0.717, 1.165) is 37.8 Å². The first-order valence-corrected chi connectivity index (χ1v) is 8.97. The van der Waals surface area contributed by atoms with Crippen LogP contribution >= 0.6 is 11.6 Å². The van der Waals surface area contributed by atoms with Gasteiger partial charge in [-0.15, -0.1) is 0 Å². The van der Waals surface area contributed by atoms with Gasteiger partial charge in [0.25, 0.3) is 0 Å². The molecule has 0 heterocycles. The van der Waals surface area contributed by atoms with Crippen LogP contribution in [0.1, 0.15) is 32.1 Å². The molecule has 1 aromatic rings. The second-order valence-electron chi connectivity index (χ2n) is 5.44. The van der Waals surface area contributed by atoms with Gasteiger partial charge in [0.1, 0.15) is 5.82 Å². The van der Waals surface area contributed by atoms with Crippen LogP contribution in [-0.2, 0) is 10.0 Å². The van der Waals surface area contributed by atoms with E-state index in [1.54, 1.807) is 0 Å². The lowest BCUT2D eigenvalue weighted by molar-refractivity contribution is 0.294. The minimum Gasteiger partial charge on any atom is -0.329 e. The number of benzene rings is 1. The van der Waals surface area contributed by atoms with Crippen LogP contribution in [0.3, 0.4) is 0 Å². The average Bonchev–Trinajstić information content (AvgIpc) is 2.48. The van der Waals surface area contributed by atoms with Gasteiger partial charge in [0, 0.05) is 12.6 Å². The van der Waals surface area contributed by atoms with E-state index in [4.69, 9.17) is 17.3 Å². The zero-order valence-corrected chi connectivity index (χ0v) is 13.3. The third-order valence-electron chi connectivity index (χ3n) is 3.98. The Hall–Kier alpha value is -0.690. The number of halogens is 2. The Morgan fingerprint density at radius 2 is 2.00 bits per heavy atom. The third-order valence-corrected chi connectivity index (χ3v) is 5.76. The Morgan fingerprint density at radius 1 is 1.33 bits per heavy atom. The van der Waals surface area contributed by atoms with Crippen LogP contribution in [-0.4, -0.2) is 21.0 Å². The van der Waals surface area contributed by atoms with Gasteiger partial charge in [-0.3, -0.25) is 0 Å². The highest BCUT2D eigenvalue weighted by Crippen LogP contribution is 2.27. The van der Waals surface area contributed by atoms with E-state index >= 15 is 0 Å². The summed E-state index contributed by atoms with van der Waals surface area (Å²) in [6, 6.07) is 3.08. The van der Waals surface area contributed by atoms with Crippen LogP contribution in [0.15, 0.2) is 23.1 Å². The van der Waals surface area contributed by atoms with Crippen LogP contribution < -0.4 is 10.5 Å². The molecule has 1 aromatic carbocycles. The average molecular weight is 335 g/mol. The van der Waals surface area contributed by atoms with Gasteiger partial charge in [-0.1, -0.05) is 30.9 Å². The van der Waals surface area contributed by atoms with Crippen LogP contribution in [0.25, 0.3) is 0 Å². The summed E-state index contributed by atoms with van der Waals surface area (Å²) in [6.07, 6.45) is 5.35. The summed E-state index contributed by atoms with van der Waals surface area (Å²) < 4.78 is 40.5. The Balaban J connectivity index is 2.16. The Bertz CT molecular complexity index is 589. The molecule has 21 heavy (non-hydrogen) atoms. The fourth-order valence-electron chi connectivity index (χ4n) is 2.78. The molecule has 118 valence electrons. The fourth-order valence-corrected chi connectivity index (χ4v) is 4.37. The number of nitrogens with one attached hydrogen (secondary N) is 1. The van der Waals surface area contributed by atoms with Crippen molar-refractivity contribution in [2.45, 2.75) is 43.0 Å². The molecule has 0 aromatic heterocycles. The van der Waals surface area contributed by atoms with Crippen LogP contribution in [0.4, 0.5) is 4.39 Å². The van der Waals surface area contributed by atoms with Gasteiger partial charge in [0.15, 0.2) is 0 Å². The van der Waals surface area contributed by atoms with Crippen molar-refractivity contribution in [2.75, 3.05) is 6.54 Å². The Kier molecular flexibility index (Phi) is 5.60. The van der Waals surface area contributed by atoms with E-state index in [1.807, 2.05) is 0 Å². The minimum atomic E-state index is -3.74. The number of sulfonamides is 1. The van der Waals surface area contributed by atoms with E-state index in [-0.39, 0.29) is 28.4 Å². The monoisotopic (exact) mass is 334 g/mol. The molecule has 0 saturated heterocycles. The quantitative estimate of drug-likeness (QED) is 0.869. The van der Waals surface area contributed by atoms with Crippen molar-refractivity contribution < 1.29 is 12.8 Å². The van der Waals surface area contributed by atoms with E-state index < -0.39 is 15.8 Å². The molecular formula is C14H20ClFN2O2S. The smallest absolute Gasteiger partial charge is 0.240 e. The van der Waals surface area contributed by atoms with Gasteiger partial charge in [-0.05, 0) is 37.0 Å². The SMILES string of the molecule is NCC(NS(=O)(=O)c1ccc(F)c(Cl)c1)C1CCCCC1. The topological polar surface area (TPSA) is 72.2 Å². The predicted octanol–water partition coefficient (Wildman–Crippen LogP) is 2.67. The number of hydrogen-bond acceptors (Lipinski definition) is 3. The molecule has 7 heteroatoms. The molecule has 1 aliphatic rings. The fraction of sp³-hybridized carbons (Fsp3) is 0.571. The molecule has 1 fully saturated rings. The number of nitrogens with two attached hydrogens (primary N) is 1. The highest BCUT2D eigenvalue weighted by molar-refractivity contribution is 7.89. The Labute approximate surface area is 129 Å². The van der Waals surface area contributed by atoms with E-state index in [2.05, 4.69) is 4.72 Å². The number of rotatable bonds is 5. The maximum Gasteiger partial charge on any atom is 0.240 e. The third kappa shape index (κ3) is 4.16. The molecule has 2 rings (SSSR count). The largest absolute Gasteiger partial charge is 0.329 e. The Morgan fingerprint density at radius 3 is 2.57 bits per heavy atom. The highest BCUT2D eigenvalue weighted by atomic mass is 35.5. The highest BCUT2D eigenvalue weighted by Gasteiger charge is 2.27. The molecule has 1 unspecified atom stereocenters. The minimum absolute atomic E-state index is 0.0387. The molecule has 0 aliphatic heterocycles. The maximum absolute atomic E-state index is 13.1. The van der Waals surface area contributed by atoms with E-state index in [1.165, 1.54) is 12.5 Å². The van der Waals surface area contributed by atoms with Crippen LogP contribution in [0.5, 0.6) is 0 Å². The van der Waals surface area contributed by atoms with Crippen LogP contribution in [0, 0.1) is 11.7 Å². The van der Waals surface area contributed by atoms with Crippen molar-refractivity contribution in [3.63, 3.8) is 0 Å². The van der Waals surface area contributed by atoms with Crippen molar-refractivity contribution in [1.29, 1.82) is 0 Å². The number of hydrogen-bond donors (Lipinski definition) is 2. The van der Waals surface area contributed by atoms with Gasteiger partial charge >= 0.3 is 0 Å². The van der Waals surface area contributed by atoms with Gasteiger partial charge < -0.3 is 5.73 Å². The van der Waals surface area contributed by atoms with Gasteiger partial charge in [-0.25, -0.2) is 17.5 Å². The van der Waals surface area contributed by atoms with Gasteiger partial charge in [0.05, 0.1) is 9.92 Å². The lowest BCUT2D eigenvalue weighted by atomic mass is 9.84. The first-order chi connectivity index (χ1) is 9.94. The molecule has 0 bridgehead atoms. The van der Waals surface area contributed by atoms with Crippen molar-refractivity contribution in [2.24, 2.45) is 11.7 Å². The lowest BCUT2D eigenvalue weighted by Crippen LogP contribution is -2.45. The molecular weight excluding hydrogens is 315 g/mol. The summed E-state index contributed by atoms with van der Waals surface area (Å²) in [6.45, 7) is 0.249. The zero-order chi connectivity index (χ0) is 15.5. The van der Waals surface area contributed by atoms with Crippen molar-refractivity contribution in [3.8, 4) is 0 Å². The summed E-state index contributed by atoms with van der Waals surface area (Å²) in [7, 11) is -3.74. The van der Waals surface area contributed by atoms with E-state index in [9.17, 15) is 12.8 Å². The summed E-state index contributed by atoms with van der Waals surface area (Å²) in [5.41, 5.74) is 5.73. The molecule has 0 amide bonds. The summed E-state index contributed by atoms with van der Waals surface area (Å²) >= 11 is 5.65. The predicted molar refractivity (Wildman–Crippen MR) is 81.1 cm³/mol. The molecule has 3 N–H and O–H groups in total. The molecule has 1 atom stereocenters.